The lowest BCUT2D eigenvalue weighted by Gasteiger charge is -2.35. The molecule has 4 heterocycles. The Labute approximate surface area is 152 Å². The standard InChI is InChI=1S/C19H22N6O/c1-14-4-3-7-20-17(14)13-24-8-10-25(11-9-24)18-6-5-16(12-21-18)19-22-15(2)23-26-19/h3-7,12H,8-11,13H2,1-2H3. The number of anilines is 1. The van der Waals surface area contributed by atoms with E-state index >= 15 is 0 Å². The number of piperazine rings is 1. The lowest BCUT2D eigenvalue weighted by molar-refractivity contribution is 0.246. The first-order chi connectivity index (χ1) is 12.7. The number of pyridine rings is 2. The Morgan fingerprint density at radius 3 is 2.54 bits per heavy atom. The molecule has 0 aromatic carbocycles. The Hall–Kier alpha value is -2.80. The van der Waals surface area contributed by atoms with Crippen molar-refractivity contribution in [1.82, 2.24) is 25.0 Å². The van der Waals surface area contributed by atoms with Crippen LogP contribution in [0.15, 0.2) is 41.2 Å². The van der Waals surface area contributed by atoms with Gasteiger partial charge in [-0.3, -0.25) is 9.88 Å². The normalized spacial score (nSPS) is 15.4. The van der Waals surface area contributed by atoms with E-state index in [2.05, 4.69) is 42.9 Å². The zero-order chi connectivity index (χ0) is 17.9. The highest BCUT2D eigenvalue weighted by atomic mass is 16.5. The van der Waals surface area contributed by atoms with Gasteiger partial charge in [0.1, 0.15) is 5.82 Å². The molecule has 1 fully saturated rings. The first-order valence-corrected chi connectivity index (χ1v) is 8.83. The van der Waals surface area contributed by atoms with Crippen LogP contribution in [-0.2, 0) is 6.54 Å². The molecule has 0 saturated carbocycles. The largest absolute Gasteiger partial charge is 0.354 e. The van der Waals surface area contributed by atoms with Gasteiger partial charge in [-0.2, -0.15) is 4.98 Å². The maximum Gasteiger partial charge on any atom is 0.259 e. The highest BCUT2D eigenvalue weighted by Gasteiger charge is 2.19. The van der Waals surface area contributed by atoms with E-state index in [-0.39, 0.29) is 0 Å². The summed E-state index contributed by atoms with van der Waals surface area (Å²) in [5, 5.41) is 3.82. The minimum atomic E-state index is 0.511. The van der Waals surface area contributed by atoms with Crippen molar-refractivity contribution >= 4 is 5.82 Å². The number of aromatic nitrogens is 4. The summed E-state index contributed by atoms with van der Waals surface area (Å²) in [6.45, 7) is 8.75. The van der Waals surface area contributed by atoms with Crippen LogP contribution in [0.1, 0.15) is 17.1 Å². The molecule has 7 heteroatoms. The van der Waals surface area contributed by atoms with Crippen molar-refractivity contribution in [3.63, 3.8) is 0 Å². The van der Waals surface area contributed by atoms with Crippen LogP contribution in [-0.4, -0.2) is 51.2 Å². The SMILES string of the molecule is Cc1noc(-c2ccc(N3CCN(Cc4ncccc4C)CC3)nc2)n1. The third-order valence-electron chi connectivity index (χ3n) is 4.71. The number of aryl methyl sites for hydroxylation is 2. The summed E-state index contributed by atoms with van der Waals surface area (Å²) in [5.41, 5.74) is 3.26. The first-order valence-electron chi connectivity index (χ1n) is 8.83. The van der Waals surface area contributed by atoms with Gasteiger partial charge >= 0.3 is 0 Å². The lowest BCUT2D eigenvalue weighted by atomic mass is 10.2. The van der Waals surface area contributed by atoms with Crippen molar-refractivity contribution in [3.8, 4) is 11.5 Å². The van der Waals surface area contributed by atoms with Crippen molar-refractivity contribution in [2.75, 3.05) is 31.1 Å². The van der Waals surface area contributed by atoms with Crippen molar-refractivity contribution in [1.29, 1.82) is 0 Å². The summed E-state index contributed by atoms with van der Waals surface area (Å²) in [6, 6.07) is 8.11. The predicted octanol–water partition coefficient (Wildman–Crippen LogP) is 2.47. The van der Waals surface area contributed by atoms with Gasteiger partial charge in [-0.25, -0.2) is 4.98 Å². The highest BCUT2D eigenvalue weighted by molar-refractivity contribution is 5.54. The molecule has 4 rings (SSSR count). The topological polar surface area (TPSA) is 71.2 Å². The fraction of sp³-hybridized carbons (Fsp3) is 0.368. The molecule has 0 aliphatic carbocycles. The smallest absolute Gasteiger partial charge is 0.259 e. The van der Waals surface area contributed by atoms with Crippen molar-refractivity contribution in [2.45, 2.75) is 20.4 Å². The molecule has 3 aromatic heterocycles. The molecule has 134 valence electrons. The zero-order valence-corrected chi connectivity index (χ0v) is 15.1. The van der Waals surface area contributed by atoms with Crippen LogP contribution in [0.5, 0.6) is 0 Å². The van der Waals surface area contributed by atoms with Gasteiger partial charge in [-0.15, -0.1) is 0 Å². The van der Waals surface area contributed by atoms with Crippen LogP contribution in [0.3, 0.4) is 0 Å². The maximum absolute atomic E-state index is 5.19. The number of rotatable bonds is 4. The Balaban J connectivity index is 1.36. The Kier molecular flexibility index (Phi) is 4.62. The molecular weight excluding hydrogens is 328 g/mol. The number of hydrogen-bond acceptors (Lipinski definition) is 7. The quantitative estimate of drug-likeness (QED) is 0.716. The summed E-state index contributed by atoms with van der Waals surface area (Å²) in [6.07, 6.45) is 3.67. The summed E-state index contributed by atoms with van der Waals surface area (Å²) >= 11 is 0. The zero-order valence-electron chi connectivity index (χ0n) is 15.1. The van der Waals surface area contributed by atoms with Gasteiger partial charge < -0.3 is 9.42 Å². The third-order valence-corrected chi connectivity index (χ3v) is 4.71. The van der Waals surface area contributed by atoms with E-state index in [1.807, 2.05) is 24.4 Å². The van der Waals surface area contributed by atoms with Crippen LogP contribution >= 0.6 is 0 Å². The van der Waals surface area contributed by atoms with Crippen LogP contribution in [0, 0.1) is 13.8 Å². The van der Waals surface area contributed by atoms with Gasteiger partial charge in [-0.1, -0.05) is 11.2 Å². The van der Waals surface area contributed by atoms with Crippen LogP contribution in [0.4, 0.5) is 5.82 Å². The van der Waals surface area contributed by atoms with Crippen molar-refractivity contribution in [2.24, 2.45) is 0 Å². The van der Waals surface area contributed by atoms with Crippen molar-refractivity contribution in [3.05, 3.63) is 53.7 Å². The number of nitrogens with zero attached hydrogens (tertiary/aromatic N) is 6. The molecule has 0 radical (unpaired) electrons. The minimum absolute atomic E-state index is 0.511. The minimum Gasteiger partial charge on any atom is -0.354 e. The molecule has 0 unspecified atom stereocenters. The van der Waals surface area contributed by atoms with Gasteiger partial charge in [0.05, 0.1) is 11.3 Å². The molecule has 0 spiro atoms. The van der Waals surface area contributed by atoms with E-state index in [0.717, 1.165) is 44.1 Å². The number of hydrogen-bond donors (Lipinski definition) is 0. The fourth-order valence-corrected chi connectivity index (χ4v) is 3.14. The van der Waals surface area contributed by atoms with Gasteiger partial charge in [0, 0.05) is 45.1 Å². The van der Waals surface area contributed by atoms with Gasteiger partial charge in [-0.05, 0) is 37.6 Å². The summed E-state index contributed by atoms with van der Waals surface area (Å²) in [5.74, 6) is 2.12. The van der Waals surface area contributed by atoms with Crippen LogP contribution < -0.4 is 4.90 Å². The second kappa shape index (κ2) is 7.21. The summed E-state index contributed by atoms with van der Waals surface area (Å²) < 4.78 is 5.19. The van der Waals surface area contributed by atoms with Gasteiger partial charge in [0.15, 0.2) is 5.82 Å². The molecule has 26 heavy (non-hydrogen) atoms. The molecule has 1 aliphatic heterocycles. The summed E-state index contributed by atoms with van der Waals surface area (Å²) in [4.78, 5) is 18.1. The van der Waals surface area contributed by atoms with Crippen LogP contribution in [0.25, 0.3) is 11.5 Å². The van der Waals surface area contributed by atoms with E-state index < -0.39 is 0 Å². The lowest BCUT2D eigenvalue weighted by Crippen LogP contribution is -2.46. The summed E-state index contributed by atoms with van der Waals surface area (Å²) in [7, 11) is 0. The van der Waals surface area contributed by atoms with E-state index in [9.17, 15) is 0 Å². The highest BCUT2D eigenvalue weighted by Crippen LogP contribution is 2.20. The molecule has 7 nitrogen and oxygen atoms in total. The molecule has 1 aliphatic rings. The van der Waals surface area contributed by atoms with E-state index in [0.29, 0.717) is 11.7 Å². The average Bonchev–Trinajstić information content (AvgIpc) is 3.11. The second-order valence-corrected chi connectivity index (χ2v) is 6.58. The monoisotopic (exact) mass is 350 g/mol. The second-order valence-electron chi connectivity index (χ2n) is 6.58. The van der Waals surface area contributed by atoms with E-state index in [1.54, 1.807) is 13.1 Å². The molecule has 0 bridgehead atoms. The molecule has 0 N–H and O–H groups in total. The molecule has 0 atom stereocenters. The average molecular weight is 350 g/mol. The Morgan fingerprint density at radius 1 is 1.04 bits per heavy atom. The van der Waals surface area contributed by atoms with Crippen LogP contribution in [0.2, 0.25) is 0 Å². The Bertz CT molecular complexity index is 868. The molecule has 3 aromatic rings. The van der Waals surface area contributed by atoms with Gasteiger partial charge in [0.25, 0.3) is 5.89 Å². The van der Waals surface area contributed by atoms with E-state index in [4.69, 9.17) is 4.52 Å². The third kappa shape index (κ3) is 3.57. The van der Waals surface area contributed by atoms with Gasteiger partial charge in [0.2, 0.25) is 0 Å². The van der Waals surface area contributed by atoms with Crippen molar-refractivity contribution < 1.29 is 4.52 Å². The van der Waals surface area contributed by atoms with E-state index in [1.165, 1.54) is 11.3 Å². The first kappa shape index (κ1) is 16.7. The predicted molar refractivity (Wildman–Crippen MR) is 98.7 cm³/mol. The molecular formula is C19H22N6O. The maximum atomic E-state index is 5.19. The molecule has 0 amide bonds. The molecule has 1 saturated heterocycles. The fourth-order valence-electron chi connectivity index (χ4n) is 3.14. The Morgan fingerprint density at radius 2 is 1.88 bits per heavy atom.